The molecule has 2 unspecified atom stereocenters. The van der Waals surface area contributed by atoms with Crippen molar-refractivity contribution in [3.05, 3.63) is 0 Å². The minimum absolute atomic E-state index is 0.133. The summed E-state index contributed by atoms with van der Waals surface area (Å²) in [4.78, 5) is 4.39. The van der Waals surface area contributed by atoms with Gasteiger partial charge in [0.2, 0.25) is 0 Å². The molecule has 0 spiro atoms. The van der Waals surface area contributed by atoms with Crippen LogP contribution in [0, 0.1) is 0 Å². The number of likely N-dealkylation sites (N-methyl/N-ethyl adjacent to an activating group) is 2. The summed E-state index contributed by atoms with van der Waals surface area (Å²) in [7, 11) is 6.20. The van der Waals surface area contributed by atoms with Gasteiger partial charge in [-0.25, -0.2) is 0 Å². The summed E-state index contributed by atoms with van der Waals surface area (Å²) in [5, 5.41) is 9.72. The summed E-state index contributed by atoms with van der Waals surface area (Å²) < 4.78 is 0. The van der Waals surface area contributed by atoms with Crippen molar-refractivity contribution in [3.63, 3.8) is 0 Å². The standard InChI is InChI=1S/C9H20N2O/c1-10(2)7-8-9(12)5-4-6-11(8)3/h8-9,12H,4-7H2,1-3H3. The van der Waals surface area contributed by atoms with Gasteiger partial charge in [0.25, 0.3) is 0 Å². The molecule has 3 nitrogen and oxygen atoms in total. The second-order valence-corrected chi connectivity index (χ2v) is 4.02. The predicted molar refractivity (Wildman–Crippen MR) is 50.2 cm³/mol. The Kier molecular flexibility index (Phi) is 3.50. The second kappa shape index (κ2) is 4.21. The van der Waals surface area contributed by atoms with Crippen molar-refractivity contribution in [2.24, 2.45) is 0 Å². The Morgan fingerprint density at radius 2 is 2.17 bits per heavy atom. The first-order valence-corrected chi connectivity index (χ1v) is 4.64. The molecule has 1 rings (SSSR count). The monoisotopic (exact) mass is 172 g/mol. The fourth-order valence-corrected chi connectivity index (χ4v) is 1.84. The number of hydrogen-bond acceptors (Lipinski definition) is 3. The normalized spacial score (nSPS) is 32.8. The van der Waals surface area contributed by atoms with Gasteiger partial charge in [-0.05, 0) is 40.5 Å². The summed E-state index contributed by atoms with van der Waals surface area (Å²) in [6.45, 7) is 2.08. The number of aliphatic hydroxyl groups excluding tert-OH is 1. The molecule has 0 amide bonds. The molecule has 2 atom stereocenters. The average molecular weight is 172 g/mol. The Morgan fingerprint density at radius 1 is 1.50 bits per heavy atom. The molecule has 0 aromatic carbocycles. The number of rotatable bonds is 2. The molecular weight excluding hydrogens is 152 g/mol. The van der Waals surface area contributed by atoms with Gasteiger partial charge in [0, 0.05) is 12.6 Å². The fourth-order valence-electron chi connectivity index (χ4n) is 1.84. The summed E-state index contributed by atoms with van der Waals surface area (Å²) in [5.74, 6) is 0. The van der Waals surface area contributed by atoms with E-state index in [0.29, 0.717) is 6.04 Å². The Balaban J connectivity index is 2.45. The van der Waals surface area contributed by atoms with Crippen molar-refractivity contribution in [3.8, 4) is 0 Å². The predicted octanol–water partition coefficient (Wildman–Crippen LogP) is 0.00310. The van der Waals surface area contributed by atoms with E-state index in [4.69, 9.17) is 0 Å². The Hall–Kier alpha value is -0.120. The largest absolute Gasteiger partial charge is 0.391 e. The molecule has 1 fully saturated rings. The van der Waals surface area contributed by atoms with E-state index >= 15 is 0 Å². The lowest BCUT2D eigenvalue weighted by atomic mass is 9.99. The quantitative estimate of drug-likeness (QED) is 0.635. The van der Waals surface area contributed by atoms with Gasteiger partial charge >= 0.3 is 0 Å². The summed E-state index contributed by atoms with van der Waals surface area (Å²) in [5.41, 5.74) is 0. The lowest BCUT2D eigenvalue weighted by molar-refractivity contribution is 0.0133. The number of piperidine rings is 1. The minimum Gasteiger partial charge on any atom is -0.391 e. The molecule has 3 heteroatoms. The van der Waals surface area contributed by atoms with Gasteiger partial charge in [-0.1, -0.05) is 0 Å². The maximum Gasteiger partial charge on any atom is 0.0708 e. The van der Waals surface area contributed by atoms with Gasteiger partial charge in [-0.3, -0.25) is 4.90 Å². The molecule has 0 saturated carbocycles. The van der Waals surface area contributed by atoms with E-state index in [1.807, 2.05) is 0 Å². The van der Waals surface area contributed by atoms with Gasteiger partial charge in [-0.2, -0.15) is 0 Å². The lowest BCUT2D eigenvalue weighted by Gasteiger charge is -2.37. The molecule has 1 aliphatic rings. The zero-order chi connectivity index (χ0) is 9.14. The van der Waals surface area contributed by atoms with Crippen molar-refractivity contribution >= 4 is 0 Å². The van der Waals surface area contributed by atoms with Crippen molar-refractivity contribution in [1.29, 1.82) is 0 Å². The van der Waals surface area contributed by atoms with Crippen LogP contribution in [0.2, 0.25) is 0 Å². The third-order valence-electron chi connectivity index (χ3n) is 2.57. The van der Waals surface area contributed by atoms with Crippen LogP contribution >= 0.6 is 0 Å². The maximum atomic E-state index is 9.72. The molecule has 1 heterocycles. The first-order valence-electron chi connectivity index (χ1n) is 4.64. The van der Waals surface area contributed by atoms with E-state index in [2.05, 4.69) is 30.9 Å². The third-order valence-corrected chi connectivity index (χ3v) is 2.57. The summed E-state index contributed by atoms with van der Waals surface area (Å²) >= 11 is 0. The zero-order valence-corrected chi connectivity index (χ0v) is 8.32. The van der Waals surface area contributed by atoms with Crippen LogP contribution in [0.4, 0.5) is 0 Å². The molecule has 0 aromatic rings. The Morgan fingerprint density at radius 3 is 2.67 bits per heavy atom. The van der Waals surface area contributed by atoms with Crippen molar-refractivity contribution < 1.29 is 5.11 Å². The molecule has 0 aromatic heterocycles. The van der Waals surface area contributed by atoms with E-state index in [-0.39, 0.29) is 6.10 Å². The first kappa shape index (κ1) is 9.96. The fraction of sp³-hybridized carbons (Fsp3) is 1.00. The van der Waals surface area contributed by atoms with Crippen LogP contribution in [-0.4, -0.2) is 61.3 Å². The van der Waals surface area contributed by atoms with E-state index in [9.17, 15) is 5.11 Å². The van der Waals surface area contributed by atoms with Crippen LogP contribution in [0.3, 0.4) is 0 Å². The topological polar surface area (TPSA) is 26.7 Å². The molecular formula is C9H20N2O. The zero-order valence-electron chi connectivity index (χ0n) is 8.32. The molecule has 0 aliphatic carbocycles. The van der Waals surface area contributed by atoms with Gasteiger partial charge in [0.05, 0.1) is 6.10 Å². The van der Waals surface area contributed by atoms with Crippen LogP contribution in [0.25, 0.3) is 0 Å². The van der Waals surface area contributed by atoms with Gasteiger partial charge in [-0.15, -0.1) is 0 Å². The van der Waals surface area contributed by atoms with Gasteiger partial charge in [0.1, 0.15) is 0 Å². The van der Waals surface area contributed by atoms with Crippen LogP contribution in [0.5, 0.6) is 0 Å². The van der Waals surface area contributed by atoms with Gasteiger partial charge < -0.3 is 10.0 Å². The van der Waals surface area contributed by atoms with E-state index in [1.165, 1.54) is 0 Å². The molecule has 1 aliphatic heterocycles. The third kappa shape index (κ3) is 2.44. The van der Waals surface area contributed by atoms with Gasteiger partial charge in [0.15, 0.2) is 0 Å². The summed E-state index contributed by atoms with van der Waals surface area (Å²) in [6, 6.07) is 0.328. The highest BCUT2D eigenvalue weighted by Crippen LogP contribution is 2.15. The van der Waals surface area contributed by atoms with Crippen LogP contribution in [0.1, 0.15) is 12.8 Å². The van der Waals surface area contributed by atoms with Crippen LogP contribution < -0.4 is 0 Å². The van der Waals surface area contributed by atoms with Crippen LogP contribution in [-0.2, 0) is 0 Å². The highest BCUT2D eigenvalue weighted by atomic mass is 16.3. The van der Waals surface area contributed by atoms with Crippen molar-refractivity contribution in [2.75, 3.05) is 34.2 Å². The first-order chi connectivity index (χ1) is 5.61. The summed E-state index contributed by atoms with van der Waals surface area (Å²) in [6.07, 6.45) is 1.95. The maximum absolute atomic E-state index is 9.72. The number of aliphatic hydroxyl groups is 1. The Bertz CT molecular complexity index is 128. The molecule has 12 heavy (non-hydrogen) atoms. The highest BCUT2D eigenvalue weighted by Gasteiger charge is 2.27. The second-order valence-electron chi connectivity index (χ2n) is 4.02. The lowest BCUT2D eigenvalue weighted by Crippen LogP contribution is -2.50. The average Bonchev–Trinajstić information content (AvgIpc) is 1.97. The minimum atomic E-state index is -0.133. The smallest absolute Gasteiger partial charge is 0.0708 e. The molecule has 0 radical (unpaired) electrons. The Labute approximate surface area is 75.0 Å². The van der Waals surface area contributed by atoms with E-state index < -0.39 is 0 Å². The molecule has 1 N–H and O–H groups in total. The van der Waals surface area contributed by atoms with Crippen molar-refractivity contribution in [2.45, 2.75) is 25.0 Å². The SMILES string of the molecule is CN(C)CC1C(O)CCCN1C. The van der Waals surface area contributed by atoms with E-state index in [0.717, 1.165) is 25.9 Å². The molecule has 0 bridgehead atoms. The highest BCUT2D eigenvalue weighted by molar-refractivity contribution is 4.83. The number of nitrogens with zero attached hydrogens (tertiary/aromatic N) is 2. The number of hydrogen-bond donors (Lipinski definition) is 1. The van der Waals surface area contributed by atoms with E-state index in [1.54, 1.807) is 0 Å². The molecule has 72 valence electrons. The van der Waals surface area contributed by atoms with Crippen molar-refractivity contribution in [1.82, 2.24) is 9.80 Å². The molecule has 1 saturated heterocycles. The van der Waals surface area contributed by atoms with Crippen LogP contribution in [0.15, 0.2) is 0 Å². The number of likely N-dealkylation sites (tertiary alicyclic amines) is 1.